The molecule has 0 unspecified atom stereocenters. The van der Waals surface area contributed by atoms with Crippen molar-refractivity contribution in [3.8, 4) is 0 Å². The molecule has 0 radical (unpaired) electrons. The average Bonchev–Trinajstić information content (AvgIpc) is 3.49. The zero-order chi connectivity index (χ0) is 23.0. The molecular weight excluding hydrogens is 422 g/mol. The van der Waals surface area contributed by atoms with Crippen molar-refractivity contribution in [1.82, 2.24) is 4.90 Å². The number of anilines is 2. The van der Waals surface area contributed by atoms with Crippen molar-refractivity contribution in [2.24, 2.45) is 23.2 Å². The van der Waals surface area contributed by atoms with Crippen molar-refractivity contribution in [3.63, 3.8) is 0 Å². The molecule has 1 spiro atoms. The Kier molecular flexibility index (Phi) is 4.96. The number of piperazine rings is 1. The van der Waals surface area contributed by atoms with Crippen molar-refractivity contribution in [2.45, 2.75) is 57.3 Å². The fourth-order valence-electron chi connectivity index (χ4n) is 7.70. The van der Waals surface area contributed by atoms with Gasteiger partial charge in [-0.3, -0.25) is 14.9 Å². The second kappa shape index (κ2) is 7.57. The van der Waals surface area contributed by atoms with Crippen LogP contribution in [0.4, 0.5) is 11.4 Å². The van der Waals surface area contributed by atoms with Gasteiger partial charge in [0.2, 0.25) is 0 Å². The van der Waals surface area contributed by atoms with Crippen molar-refractivity contribution < 1.29 is 19.5 Å². The second-order valence-corrected chi connectivity index (χ2v) is 11.1. The van der Waals surface area contributed by atoms with Gasteiger partial charge in [-0.1, -0.05) is 20.3 Å². The van der Waals surface area contributed by atoms with Crippen LogP contribution in [0.5, 0.6) is 0 Å². The number of ether oxygens (including phenoxy) is 2. The highest BCUT2D eigenvalue weighted by Crippen LogP contribution is 2.70. The third-order valence-electron chi connectivity index (χ3n) is 9.46. The van der Waals surface area contributed by atoms with Gasteiger partial charge in [-0.15, -0.1) is 0 Å². The topological polar surface area (TPSA) is 91.8 Å². The van der Waals surface area contributed by atoms with Gasteiger partial charge >= 0.3 is 5.97 Å². The highest BCUT2D eigenvalue weighted by molar-refractivity contribution is 5.76. The summed E-state index contributed by atoms with van der Waals surface area (Å²) in [4.78, 5) is 17.6. The fraction of sp³-hybridized carbons (Fsp3) is 0.720. The average molecular weight is 457 g/mol. The predicted octanol–water partition coefficient (Wildman–Crippen LogP) is 3.03. The van der Waals surface area contributed by atoms with Gasteiger partial charge in [0.1, 0.15) is 11.7 Å². The summed E-state index contributed by atoms with van der Waals surface area (Å²) in [6.45, 7) is 8.90. The van der Waals surface area contributed by atoms with Gasteiger partial charge in [0.15, 0.2) is 0 Å². The Balaban J connectivity index is 1.11. The number of carbonyl (C=O) groups excluding carboxylic acids is 1. The standard InChI is InChI=1S/C25H34N3O5/c1-16-4-3-9-24(2)14-20-21(22-25(16,24)33-22)19(23(29)32-20)15-26-10-12-27(13-11-26)17-5-7-18(8-6-17)28(30)31/h5-8,16,19-22,30H,3-4,9-15H2,1-2H3/q-1/t16-,19+,20-,21+,22+,24+,25-/m1/s1. The third-order valence-corrected chi connectivity index (χ3v) is 9.46. The predicted molar refractivity (Wildman–Crippen MR) is 123 cm³/mol. The van der Waals surface area contributed by atoms with E-state index in [1.54, 1.807) is 12.1 Å². The summed E-state index contributed by atoms with van der Waals surface area (Å²) in [5.74, 6) is 0.601. The Morgan fingerprint density at radius 1 is 1.21 bits per heavy atom. The highest BCUT2D eigenvalue weighted by atomic mass is 16.8. The van der Waals surface area contributed by atoms with Crippen molar-refractivity contribution in [3.05, 3.63) is 29.5 Å². The molecule has 1 aromatic carbocycles. The molecule has 1 aromatic rings. The monoisotopic (exact) mass is 456 g/mol. The molecule has 180 valence electrons. The summed E-state index contributed by atoms with van der Waals surface area (Å²) in [5, 5.41) is 19.9. The largest absolute Gasteiger partial charge is 0.733 e. The van der Waals surface area contributed by atoms with Crippen LogP contribution in [0, 0.1) is 28.4 Å². The molecule has 5 aliphatic rings. The minimum absolute atomic E-state index is 0.00494. The highest BCUT2D eigenvalue weighted by Gasteiger charge is 2.78. The number of hydrogen-bond donors (Lipinski definition) is 1. The van der Waals surface area contributed by atoms with E-state index >= 15 is 0 Å². The van der Waals surface area contributed by atoms with E-state index in [9.17, 15) is 10.0 Å². The van der Waals surface area contributed by atoms with Gasteiger partial charge in [0.05, 0.1) is 17.7 Å². The lowest BCUT2D eigenvalue weighted by Gasteiger charge is -2.49. The van der Waals surface area contributed by atoms with E-state index in [1.807, 2.05) is 12.1 Å². The van der Waals surface area contributed by atoms with Gasteiger partial charge in [-0.25, -0.2) is 0 Å². The first-order chi connectivity index (χ1) is 15.8. The maximum absolute atomic E-state index is 13.0. The number of epoxide rings is 1. The first kappa shape index (κ1) is 21.6. The molecule has 7 atom stereocenters. The SMILES string of the molecule is C[C@@H]1CCC[C@@]2(C)C[C@H]3OC(=O)[C@@H](CN4CCN(c5ccc(N([O-])O)cc5)CC4)[C@@H]3[C@@H]3O[C@]132. The van der Waals surface area contributed by atoms with Gasteiger partial charge < -0.3 is 24.8 Å². The molecule has 3 heterocycles. The first-order valence-electron chi connectivity index (χ1n) is 12.4. The molecule has 2 aliphatic carbocycles. The number of benzene rings is 1. The molecule has 0 amide bonds. The zero-order valence-electron chi connectivity index (χ0n) is 19.5. The van der Waals surface area contributed by atoms with Crippen LogP contribution >= 0.6 is 0 Å². The zero-order valence-corrected chi connectivity index (χ0v) is 19.5. The molecule has 0 aromatic heterocycles. The molecule has 8 heteroatoms. The van der Waals surface area contributed by atoms with Crippen LogP contribution in [-0.2, 0) is 14.3 Å². The lowest BCUT2D eigenvalue weighted by Crippen LogP contribution is -2.55. The lowest BCUT2D eigenvalue weighted by atomic mass is 9.53. The summed E-state index contributed by atoms with van der Waals surface area (Å²) in [7, 11) is 0. The number of rotatable bonds is 4. The van der Waals surface area contributed by atoms with Gasteiger partial charge in [0.25, 0.3) is 0 Å². The van der Waals surface area contributed by atoms with Crippen molar-refractivity contribution in [1.29, 1.82) is 0 Å². The van der Waals surface area contributed by atoms with E-state index in [4.69, 9.17) is 14.7 Å². The van der Waals surface area contributed by atoms with Gasteiger partial charge in [-0.2, -0.15) is 0 Å². The summed E-state index contributed by atoms with van der Waals surface area (Å²) < 4.78 is 12.5. The molecule has 6 rings (SSSR count). The van der Waals surface area contributed by atoms with Crippen LogP contribution in [0.1, 0.15) is 39.5 Å². The molecule has 3 saturated heterocycles. The first-order valence-corrected chi connectivity index (χ1v) is 12.4. The Labute approximate surface area is 195 Å². The van der Waals surface area contributed by atoms with Gasteiger partial charge in [-0.05, 0) is 49.4 Å². The summed E-state index contributed by atoms with van der Waals surface area (Å²) in [6, 6.07) is 6.97. The summed E-state index contributed by atoms with van der Waals surface area (Å²) >= 11 is 0. The molecule has 2 saturated carbocycles. The Hall–Kier alpha value is -1.87. The van der Waals surface area contributed by atoms with E-state index in [1.165, 1.54) is 19.3 Å². The maximum Gasteiger partial charge on any atom is 0.311 e. The summed E-state index contributed by atoms with van der Waals surface area (Å²) in [6.07, 6.45) is 4.75. The third kappa shape index (κ3) is 3.21. The van der Waals surface area contributed by atoms with Crippen LogP contribution in [0.25, 0.3) is 0 Å². The maximum atomic E-state index is 13.0. The number of fused-ring (bicyclic) bond motifs is 2. The molecule has 8 nitrogen and oxygen atoms in total. The van der Waals surface area contributed by atoms with Crippen molar-refractivity contribution >= 4 is 17.3 Å². The normalized spacial score (nSPS) is 42.2. The molecule has 5 fully saturated rings. The smallest absolute Gasteiger partial charge is 0.311 e. The fourth-order valence-corrected chi connectivity index (χ4v) is 7.70. The number of esters is 1. The minimum atomic E-state index is -0.120. The van der Waals surface area contributed by atoms with E-state index in [0.29, 0.717) is 5.92 Å². The van der Waals surface area contributed by atoms with Gasteiger partial charge in [0, 0.05) is 49.7 Å². The van der Waals surface area contributed by atoms with E-state index in [0.717, 1.165) is 44.8 Å². The number of hydrogen-bond acceptors (Lipinski definition) is 8. The Bertz CT molecular complexity index is 917. The van der Waals surface area contributed by atoms with Crippen LogP contribution in [0.15, 0.2) is 24.3 Å². The molecule has 0 bridgehead atoms. The second-order valence-electron chi connectivity index (χ2n) is 11.1. The van der Waals surface area contributed by atoms with E-state index < -0.39 is 0 Å². The Morgan fingerprint density at radius 2 is 1.94 bits per heavy atom. The molecule has 33 heavy (non-hydrogen) atoms. The quantitative estimate of drug-likeness (QED) is 0.420. The summed E-state index contributed by atoms with van der Waals surface area (Å²) in [5.41, 5.74) is 1.35. The molecule has 3 aliphatic heterocycles. The van der Waals surface area contributed by atoms with Crippen LogP contribution in [0.3, 0.4) is 0 Å². The minimum Gasteiger partial charge on any atom is -0.733 e. The number of nitrogens with zero attached hydrogens (tertiary/aromatic N) is 3. The molecule has 1 N–H and O–H groups in total. The van der Waals surface area contributed by atoms with Crippen molar-refractivity contribution in [2.75, 3.05) is 42.9 Å². The molecular formula is C25H34N3O5-. The van der Waals surface area contributed by atoms with Crippen LogP contribution in [0.2, 0.25) is 0 Å². The van der Waals surface area contributed by atoms with Crippen LogP contribution in [-0.4, -0.2) is 66.6 Å². The van der Waals surface area contributed by atoms with E-state index in [2.05, 4.69) is 23.6 Å². The van der Waals surface area contributed by atoms with E-state index in [-0.39, 0.29) is 51.9 Å². The Morgan fingerprint density at radius 3 is 2.64 bits per heavy atom. The number of carbonyl (C=O) groups is 1. The lowest BCUT2D eigenvalue weighted by molar-refractivity contribution is -0.146. The van der Waals surface area contributed by atoms with Crippen LogP contribution < -0.4 is 10.1 Å².